The van der Waals surface area contributed by atoms with E-state index in [1.807, 2.05) is 54.6 Å². The van der Waals surface area contributed by atoms with E-state index in [1.54, 1.807) is 6.07 Å². The van der Waals surface area contributed by atoms with E-state index in [0.29, 0.717) is 11.6 Å². The minimum atomic E-state index is -0.223. The molecule has 21 heavy (non-hydrogen) atoms. The van der Waals surface area contributed by atoms with Crippen LogP contribution in [0.4, 0.5) is 5.69 Å². The zero-order chi connectivity index (χ0) is 14.7. The highest BCUT2D eigenvalue weighted by molar-refractivity contribution is 6.17. The minimum Gasteiger partial charge on any atom is -0.321 e. The van der Waals surface area contributed by atoms with Gasteiger partial charge in [-0.25, -0.2) is 4.98 Å². The quantitative estimate of drug-likeness (QED) is 0.735. The molecule has 0 fully saturated rings. The number of rotatable bonds is 3. The van der Waals surface area contributed by atoms with E-state index in [1.165, 1.54) is 0 Å². The Morgan fingerprint density at radius 3 is 2.52 bits per heavy atom. The molecule has 1 N–H and O–H groups in total. The summed E-state index contributed by atoms with van der Waals surface area (Å²) in [7, 11) is 0. The summed E-state index contributed by atoms with van der Waals surface area (Å²) in [4.78, 5) is 16.6. The molecule has 3 rings (SSSR count). The van der Waals surface area contributed by atoms with Gasteiger partial charge in [0.05, 0.1) is 5.52 Å². The van der Waals surface area contributed by atoms with E-state index < -0.39 is 0 Å². The summed E-state index contributed by atoms with van der Waals surface area (Å²) in [5.74, 6) is 0.236. The molecular formula is C17H13ClN2O. The Bertz CT molecular complexity index is 784. The van der Waals surface area contributed by atoms with Crippen LogP contribution in [0.1, 0.15) is 16.1 Å². The van der Waals surface area contributed by atoms with Crippen molar-refractivity contribution in [2.75, 3.05) is 5.32 Å². The lowest BCUT2D eigenvalue weighted by molar-refractivity contribution is 0.102. The van der Waals surface area contributed by atoms with Gasteiger partial charge in [-0.15, -0.1) is 11.6 Å². The van der Waals surface area contributed by atoms with E-state index in [4.69, 9.17) is 11.6 Å². The largest absolute Gasteiger partial charge is 0.321 e. The molecule has 0 radical (unpaired) electrons. The van der Waals surface area contributed by atoms with Crippen molar-refractivity contribution in [3.63, 3.8) is 0 Å². The molecule has 2 aromatic carbocycles. The summed E-state index contributed by atoms with van der Waals surface area (Å²) in [5, 5.41) is 3.84. The summed E-state index contributed by atoms with van der Waals surface area (Å²) in [6.45, 7) is 0. The van der Waals surface area contributed by atoms with Crippen molar-refractivity contribution in [2.45, 2.75) is 5.88 Å². The van der Waals surface area contributed by atoms with E-state index in [0.717, 1.165) is 22.2 Å². The summed E-state index contributed by atoms with van der Waals surface area (Å²) in [6.07, 6.45) is 0. The number of aromatic nitrogens is 1. The number of carbonyl (C=O) groups is 1. The number of hydrogen-bond donors (Lipinski definition) is 1. The number of fused-ring (bicyclic) bond motifs is 1. The van der Waals surface area contributed by atoms with Gasteiger partial charge in [-0.05, 0) is 29.8 Å². The normalized spacial score (nSPS) is 10.5. The molecule has 0 atom stereocenters. The second kappa shape index (κ2) is 5.94. The molecule has 3 aromatic rings. The molecule has 1 heterocycles. The number of halogens is 1. The fraction of sp³-hybridized carbons (Fsp3) is 0.0588. The van der Waals surface area contributed by atoms with E-state index in [-0.39, 0.29) is 5.91 Å². The van der Waals surface area contributed by atoms with Gasteiger partial charge in [0.15, 0.2) is 0 Å². The van der Waals surface area contributed by atoms with E-state index in [2.05, 4.69) is 10.3 Å². The highest BCUT2D eigenvalue weighted by Crippen LogP contribution is 2.15. The third-order valence-electron chi connectivity index (χ3n) is 3.20. The van der Waals surface area contributed by atoms with Gasteiger partial charge in [0.2, 0.25) is 0 Å². The van der Waals surface area contributed by atoms with Gasteiger partial charge in [0.1, 0.15) is 5.69 Å². The Kier molecular flexibility index (Phi) is 3.84. The van der Waals surface area contributed by atoms with Crippen LogP contribution < -0.4 is 5.32 Å². The fourth-order valence-electron chi connectivity index (χ4n) is 2.06. The smallest absolute Gasteiger partial charge is 0.274 e. The number of anilines is 1. The lowest BCUT2D eigenvalue weighted by Crippen LogP contribution is -2.13. The zero-order valence-electron chi connectivity index (χ0n) is 11.2. The number of nitrogens with one attached hydrogen (secondary N) is 1. The van der Waals surface area contributed by atoms with Crippen LogP contribution in [0, 0.1) is 0 Å². The first kappa shape index (κ1) is 13.6. The van der Waals surface area contributed by atoms with Crippen LogP contribution in [0.15, 0.2) is 60.7 Å². The first-order valence-corrected chi connectivity index (χ1v) is 7.12. The standard InChI is InChI=1S/C17H13ClN2O/c18-11-12-5-8-14(9-6-12)19-17(21)16-10-7-13-3-1-2-4-15(13)20-16/h1-10H,11H2,(H,19,21). The van der Waals surface area contributed by atoms with Crippen molar-refractivity contribution in [3.8, 4) is 0 Å². The zero-order valence-corrected chi connectivity index (χ0v) is 12.0. The topological polar surface area (TPSA) is 42.0 Å². The van der Waals surface area contributed by atoms with Crippen molar-refractivity contribution < 1.29 is 4.79 Å². The van der Waals surface area contributed by atoms with E-state index >= 15 is 0 Å². The van der Waals surface area contributed by atoms with Crippen LogP contribution in [-0.2, 0) is 5.88 Å². The van der Waals surface area contributed by atoms with Gasteiger partial charge < -0.3 is 5.32 Å². The monoisotopic (exact) mass is 296 g/mol. The molecule has 0 unspecified atom stereocenters. The number of para-hydroxylation sites is 1. The molecule has 0 spiro atoms. The van der Waals surface area contributed by atoms with Crippen LogP contribution >= 0.6 is 11.6 Å². The average Bonchev–Trinajstić information content (AvgIpc) is 2.55. The number of amides is 1. The van der Waals surface area contributed by atoms with Gasteiger partial charge in [-0.1, -0.05) is 36.4 Å². The summed E-state index contributed by atoms with van der Waals surface area (Å²) < 4.78 is 0. The molecule has 3 nitrogen and oxygen atoms in total. The number of benzene rings is 2. The first-order valence-electron chi connectivity index (χ1n) is 6.58. The van der Waals surface area contributed by atoms with Gasteiger partial charge in [-0.3, -0.25) is 4.79 Å². The first-order chi connectivity index (χ1) is 10.3. The molecule has 4 heteroatoms. The number of pyridine rings is 1. The predicted molar refractivity (Wildman–Crippen MR) is 85.7 cm³/mol. The lowest BCUT2D eigenvalue weighted by Gasteiger charge is -2.06. The maximum absolute atomic E-state index is 12.2. The highest BCUT2D eigenvalue weighted by Gasteiger charge is 2.08. The number of alkyl halides is 1. The van der Waals surface area contributed by atoms with Gasteiger partial charge in [0, 0.05) is 17.0 Å². The summed E-state index contributed by atoms with van der Waals surface area (Å²) in [5.41, 5.74) is 2.94. The van der Waals surface area contributed by atoms with E-state index in [9.17, 15) is 4.79 Å². The Balaban J connectivity index is 1.82. The molecule has 104 valence electrons. The fourth-order valence-corrected chi connectivity index (χ4v) is 2.24. The second-order valence-electron chi connectivity index (χ2n) is 4.67. The minimum absolute atomic E-state index is 0.223. The van der Waals surface area contributed by atoms with Gasteiger partial charge in [0.25, 0.3) is 5.91 Å². The average molecular weight is 297 g/mol. The maximum atomic E-state index is 12.2. The van der Waals surface area contributed by atoms with Crippen LogP contribution in [0.5, 0.6) is 0 Å². The molecule has 0 aliphatic carbocycles. The second-order valence-corrected chi connectivity index (χ2v) is 4.94. The van der Waals surface area contributed by atoms with Crippen molar-refractivity contribution in [1.82, 2.24) is 4.98 Å². The van der Waals surface area contributed by atoms with Crippen molar-refractivity contribution >= 4 is 34.1 Å². The Morgan fingerprint density at radius 2 is 1.76 bits per heavy atom. The van der Waals surface area contributed by atoms with Crippen molar-refractivity contribution in [1.29, 1.82) is 0 Å². The molecule has 0 aliphatic rings. The van der Waals surface area contributed by atoms with Gasteiger partial charge >= 0.3 is 0 Å². The summed E-state index contributed by atoms with van der Waals surface area (Å²) in [6, 6.07) is 18.8. The van der Waals surface area contributed by atoms with Crippen LogP contribution in [0.3, 0.4) is 0 Å². The summed E-state index contributed by atoms with van der Waals surface area (Å²) >= 11 is 5.74. The lowest BCUT2D eigenvalue weighted by atomic mass is 10.2. The van der Waals surface area contributed by atoms with Gasteiger partial charge in [-0.2, -0.15) is 0 Å². The highest BCUT2D eigenvalue weighted by atomic mass is 35.5. The Labute approximate surface area is 127 Å². The van der Waals surface area contributed by atoms with Crippen LogP contribution in [0.25, 0.3) is 10.9 Å². The van der Waals surface area contributed by atoms with Crippen LogP contribution in [0.2, 0.25) is 0 Å². The number of carbonyl (C=O) groups excluding carboxylic acids is 1. The SMILES string of the molecule is O=C(Nc1ccc(CCl)cc1)c1ccc2ccccc2n1. The Morgan fingerprint density at radius 1 is 1.00 bits per heavy atom. The number of nitrogens with zero attached hydrogens (tertiary/aromatic N) is 1. The van der Waals surface area contributed by atoms with Crippen molar-refractivity contribution in [2.24, 2.45) is 0 Å². The van der Waals surface area contributed by atoms with Crippen molar-refractivity contribution in [3.05, 3.63) is 71.9 Å². The molecule has 1 aromatic heterocycles. The third kappa shape index (κ3) is 3.03. The molecule has 0 saturated heterocycles. The predicted octanol–water partition coefficient (Wildman–Crippen LogP) is 4.23. The molecule has 0 bridgehead atoms. The molecule has 1 amide bonds. The molecular weight excluding hydrogens is 284 g/mol. The maximum Gasteiger partial charge on any atom is 0.274 e. The third-order valence-corrected chi connectivity index (χ3v) is 3.51. The number of hydrogen-bond acceptors (Lipinski definition) is 2. The molecule has 0 saturated carbocycles. The Hall–Kier alpha value is -2.39. The molecule has 0 aliphatic heterocycles. The van der Waals surface area contributed by atoms with Crippen LogP contribution in [-0.4, -0.2) is 10.9 Å².